The summed E-state index contributed by atoms with van der Waals surface area (Å²) in [5, 5.41) is 0. The second-order valence-corrected chi connectivity index (χ2v) is 10.3. The fourth-order valence-electron chi connectivity index (χ4n) is 5.13. The Morgan fingerprint density at radius 3 is 1.84 bits per heavy atom. The molecule has 3 aromatic carbocycles. The second kappa shape index (κ2) is 12.2. The Morgan fingerprint density at radius 1 is 0.784 bits per heavy atom. The van der Waals surface area contributed by atoms with Crippen molar-refractivity contribution in [1.29, 1.82) is 0 Å². The fraction of sp³-hybridized carbons (Fsp3) is 0.333. The van der Waals surface area contributed by atoms with Crippen LogP contribution in [0.1, 0.15) is 66.6 Å². The number of piperidine rings is 1. The summed E-state index contributed by atoms with van der Waals surface area (Å²) in [7, 11) is 1.40. The summed E-state index contributed by atoms with van der Waals surface area (Å²) in [6.45, 7) is 6.63. The summed E-state index contributed by atoms with van der Waals surface area (Å²) in [6.07, 6.45) is 3.46. The molecule has 4 nitrogen and oxygen atoms in total. The number of ketones is 1. The largest absolute Gasteiger partial charge is 0.468 e. The molecule has 3 aromatic rings. The predicted molar refractivity (Wildman–Crippen MR) is 150 cm³/mol. The van der Waals surface area contributed by atoms with Gasteiger partial charge in [-0.3, -0.25) is 9.59 Å². The Hall–Kier alpha value is -3.50. The highest BCUT2D eigenvalue weighted by Crippen LogP contribution is 2.32. The number of esters is 1. The van der Waals surface area contributed by atoms with Crippen LogP contribution in [0, 0.1) is 0 Å². The van der Waals surface area contributed by atoms with E-state index in [2.05, 4.69) is 65.6 Å². The minimum absolute atomic E-state index is 0.149. The van der Waals surface area contributed by atoms with Crippen molar-refractivity contribution in [1.82, 2.24) is 4.90 Å². The zero-order valence-electron chi connectivity index (χ0n) is 22.2. The number of hydrogen-bond acceptors (Lipinski definition) is 4. The molecule has 1 aliphatic rings. The number of benzene rings is 3. The van der Waals surface area contributed by atoms with Gasteiger partial charge in [-0.2, -0.15) is 0 Å². The quantitative estimate of drug-likeness (QED) is 0.245. The molecule has 37 heavy (non-hydrogen) atoms. The van der Waals surface area contributed by atoms with E-state index >= 15 is 0 Å². The van der Waals surface area contributed by atoms with Crippen molar-refractivity contribution in [3.63, 3.8) is 0 Å². The average Bonchev–Trinajstić information content (AvgIpc) is 2.94. The number of methoxy groups -OCH3 is 1. The molecule has 0 aliphatic carbocycles. The van der Waals surface area contributed by atoms with E-state index in [0.717, 1.165) is 44.5 Å². The minimum atomic E-state index is -0.737. The van der Waals surface area contributed by atoms with Crippen molar-refractivity contribution >= 4 is 17.3 Å². The molecule has 192 valence electrons. The van der Waals surface area contributed by atoms with E-state index in [1.807, 2.05) is 38.1 Å². The summed E-state index contributed by atoms with van der Waals surface area (Å²) in [4.78, 5) is 27.3. The van der Waals surface area contributed by atoms with E-state index in [-0.39, 0.29) is 11.8 Å². The number of likely N-dealkylation sites (tertiary alicyclic amines) is 1. The van der Waals surface area contributed by atoms with Crippen LogP contribution in [-0.4, -0.2) is 43.4 Å². The maximum atomic E-state index is 12.8. The number of rotatable bonds is 9. The van der Waals surface area contributed by atoms with E-state index in [1.165, 1.54) is 29.4 Å². The molecular weight excluding hydrogens is 458 g/mol. The topological polar surface area (TPSA) is 46.6 Å². The standard InChI is InChI=1S/C33H37NO3/c1-33(2,32(36)37-3)29-18-16-25(17-19-29)30(35)15-10-22-34-23-20-28(21-24-34)31(26-11-6-4-7-12-26)27-13-8-5-9-14-27/h4-9,11-14,16-19H,10,15,20-24H2,1-3H3. The average molecular weight is 496 g/mol. The highest BCUT2D eigenvalue weighted by molar-refractivity contribution is 5.96. The van der Waals surface area contributed by atoms with Crippen LogP contribution in [-0.2, 0) is 14.9 Å². The van der Waals surface area contributed by atoms with Gasteiger partial charge in [0.15, 0.2) is 5.78 Å². The van der Waals surface area contributed by atoms with Gasteiger partial charge in [-0.05, 0) is 61.9 Å². The van der Waals surface area contributed by atoms with Crippen LogP contribution >= 0.6 is 0 Å². The summed E-state index contributed by atoms with van der Waals surface area (Å²) >= 11 is 0. The Bertz CT molecular complexity index is 1180. The lowest BCUT2D eigenvalue weighted by Crippen LogP contribution is -2.32. The molecule has 4 heteroatoms. The molecule has 1 heterocycles. The lowest BCUT2D eigenvalue weighted by Gasteiger charge is -2.30. The molecule has 0 unspecified atom stereocenters. The maximum absolute atomic E-state index is 12.8. The van der Waals surface area contributed by atoms with E-state index in [0.29, 0.717) is 12.0 Å². The minimum Gasteiger partial charge on any atom is -0.468 e. The van der Waals surface area contributed by atoms with Gasteiger partial charge in [-0.1, -0.05) is 90.5 Å². The molecule has 1 saturated heterocycles. The van der Waals surface area contributed by atoms with Gasteiger partial charge in [-0.25, -0.2) is 0 Å². The normalized spacial score (nSPS) is 14.3. The van der Waals surface area contributed by atoms with Crippen molar-refractivity contribution in [2.75, 3.05) is 26.7 Å². The van der Waals surface area contributed by atoms with Gasteiger partial charge in [0.2, 0.25) is 0 Å². The Labute approximate surface area is 221 Å². The molecule has 4 rings (SSSR count). The third kappa shape index (κ3) is 6.44. The highest BCUT2D eigenvalue weighted by atomic mass is 16.5. The van der Waals surface area contributed by atoms with Crippen LogP contribution in [0.2, 0.25) is 0 Å². The number of Topliss-reactive ketones (excluding diaryl/α,β-unsaturated/α-hetero) is 1. The molecular formula is C33H37NO3. The summed E-state index contributed by atoms with van der Waals surface area (Å²) in [5.74, 6) is -0.138. The van der Waals surface area contributed by atoms with Crippen LogP contribution in [0.4, 0.5) is 0 Å². The zero-order chi connectivity index (χ0) is 26.3. The zero-order valence-corrected chi connectivity index (χ0v) is 22.2. The van der Waals surface area contributed by atoms with Crippen molar-refractivity contribution in [2.45, 2.75) is 44.9 Å². The number of hydrogen-bond donors (Lipinski definition) is 0. The third-order valence-corrected chi connectivity index (χ3v) is 7.44. The first-order chi connectivity index (χ1) is 17.9. The van der Waals surface area contributed by atoms with Crippen molar-refractivity contribution in [2.24, 2.45) is 0 Å². The fourth-order valence-corrected chi connectivity index (χ4v) is 5.13. The summed E-state index contributed by atoms with van der Waals surface area (Å²) in [6, 6.07) is 28.8. The molecule has 0 spiro atoms. The molecule has 0 atom stereocenters. The molecule has 1 fully saturated rings. The monoisotopic (exact) mass is 495 g/mol. The third-order valence-electron chi connectivity index (χ3n) is 7.44. The molecule has 0 saturated carbocycles. The van der Waals surface area contributed by atoms with E-state index in [1.54, 1.807) is 0 Å². The number of carbonyl (C=O) groups is 2. The van der Waals surface area contributed by atoms with Crippen molar-refractivity contribution in [3.05, 3.63) is 113 Å². The Balaban J connectivity index is 1.32. The first-order valence-electron chi connectivity index (χ1n) is 13.2. The van der Waals surface area contributed by atoms with Crippen LogP contribution < -0.4 is 0 Å². The van der Waals surface area contributed by atoms with Gasteiger partial charge in [-0.15, -0.1) is 0 Å². The first-order valence-corrected chi connectivity index (χ1v) is 13.2. The van der Waals surface area contributed by atoms with Gasteiger partial charge >= 0.3 is 5.97 Å². The molecule has 0 N–H and O–H groups in total. The summed E-state index contributed by atoms with van der Waals surface area (Å²) in [5.41, 5.74) is 6.25. The van der Waals surface area contributed by atoms with Gasteiger partial charge in [0.25, 0.3) is 0 Å². The summed E-state index contributed by atoms with van der Waals surface area (Å²) < 4.78 is 4.91. The molecule has 1 aliphatic heterocycles. The van der Waals surface area contributed by atoms with Crippen LogP contribution in [0.3, 0.4) is 0 Å². The number of carbonyl (C=O) groups excluding carboxylic acids is 2. The molecule has 0 bridgehead atoms. The first kappa shape index (κ1) is 26.6. The van der Waals surface area contributed by atoms with E-state index < -0.39 is 5.41 Å². The van der Waals surface area contributed by atoms with E-state index in [9.17, 15) is 9.59 Å². The maximum Gasteiger partial charge on any atom is 0.315 e. The van der Waals surface area contributed by atoms with Gasteiger partial charge in [0, 0.05) is 25.1 Å². The van der Waals surface area contributed by atoms with Gasteiger partial charge < -0.3 is 9.64 Å². The highest BCUT2D eigenvalue weighted by Gasteiger charge is 2.30. The predicted octanol–water partition coefficient (Wildman–Crippen LogP) is 6.70. The van der Waals surface area contributed by atoms with Crippen LogP contribution in [0.15, 0.2) is 90.5 Å². The van der Waals surface area contributed by atoms with Gasteiger partial charge in [0.1, 0.15) is 0 Å². The Kier molecular flexibility index (Phi) is 8.73. The van der Waals surface area contributed by atoms with Gasteiger partial charge in [0.05, 0.1) is 12.5 Å². The smallest absolute Gasteiger partial charge is 0.315 e. The molecule has 0 radical (unpaired) electrons. The van der Waals surface area contributed by atoms with Crippen LogP contribution in [0.25, 0.3) is 5.57 Å². The molecule has 0 aromatic heterocycles. The second-order valence-electron chi connectivity index (χ2n) is 10.3. The van der Waals surface area contributed by atoms with E-state index in [4.69, 9.17) is 4.74 Å². The number of nitrogens with zero attached hydrogens (tertiary/aromatic N) is 1. The lowest BCUT2D eigenvalue weighted by molar-refractivity contribution is -0.146. The lowest BCUT2D eigenvalue weighted by atomic mass is 9.84. The van der Waals surface area contributed by atoms with Crippen molar-refractivity contribution < 1.29 is 14.3 Å². The number of ether oxygens (including phenoxy) is 1. The van der Waals surface area contributed by atoms with Crippen LogP contribution in [0.5, 0.6) is 0 Å². The molecule has 0 amide bonds. The SMILES string of the molecule is COC(=O)C(C)(C)c1ccc(C(=O)CCCN2CCC(=C(c3ccccc3)c3ccccc3)CC2)cc1. The van der Waals surface area contributed by atoms with Crippen molar-refractivity contribution in [3.8, 4) is 0 Å². The Morgan fingerprint density at radius 2 is 1.32 bits per heavy atom.